The van der Waals surface area contributed by atoms with Gasteiger partial charge in [0.1, 0.15) is 5.75 Å². The standard InChI is InChI=1S/C9H7F3O/c1-6(10)9(11,12)7-4-2-3-5-8(7)13/h2-5,13H,1H2. The predicted molar refractivity (Wildman–Crippen MR) is 42.2 cm³/mol. The molecule has 13 heavy (non-hydrogen) atoms. The Morgan fingerprint density at radius 2 is 1.85 bits per heavy atom. The van der Waals surface area contributed by atoms with Gasteiger partial charge < -0.3 is 5.11 Å². The van der Waals surface area contributed by atoms with Crippen LogP contribution in [-0.4, -0.2) is 5.11 Å². The third-order valence-electron chi connectivity index (χ3n) is 1.58. The number of rotatable bonds is 2. The summed E-state index contributed by atoms with van der Waals surface area (Å²) in [5.74, 6) is -6.26. The van der Waals surface area contributed by atoms with Gasteiger partial charge in [0.2, 0.25) is 0 Å². The molecule has 0 amide bonds. The Kier molecular flexibility index (Phi) is 2.32. The minimum atomic E-state index is -3.83. The van der Waals surface area contributed by atoms with Gasteiger partial charge >= 0.3 is 5.92 Å². The molecular weight excluding hydrogens is 181 g/mol. The van der Waals surface area contributed by atoms with Crippen LogP contribution in [0.2, 0.25) is 0 Å². The van der Waals surface area contributed by atoms with Crippen LogP contribution in [-0.2, 0) is 5.92 Å². The van der Waals surface area contributed by atoms with Gasteiger partial charge in [-0.25, -0.2) is 4.39 Å². The van der Waals surface area contributed by atoms with Crippen molar-refractivity contribution >= 4 is 0 Å². The molecule has 0 aliphatic heterocycles. The molecule has 4 heteroatoms. The maximum absolute atomic E-state index is 12.9. The molecule has 1 nitrogen and oxygen atoms in total. The highest BCUT2D eigenvalue weighted by Crippen LogP contribution is 2.39. The molecule has 0 aromatic heterocycles. The Morgan fingerprint density at radius 1 is 1.31 bits per heavy atom. The van der Waals surface area contributed by atoms with Crippen LogP contribution in [0.1, 0.15) is 5.56 Å². The number of hydrogen-bond acceptors (Lipinski definition) is 1. The number of benzene rings is 1. The molecule has 0 aliphatic carbocycles. The van der Waals surface area contributed by atoms with E-state index in [9.17, 15) is 13.2 Å². The summed E-state index contributed by atoms with van der Waals surface area (Å²) >= 11 is 0. The molecular formula is C9H7F3O. The molecule has 0 aliphatic rings. The first-order valence-corrected chi connectivity index (χ1v) is 3.47. The highest BCUT2D eigenvalue weighted by atomic mass is 19.3. The maximum atomic E-state index is 12.9. The Balaban J connectivity index is 3.22. The van der Waals surface area contributed by atoms with Crippen LogP contribution in [0, 0.1) is 0 Å². The Morgan fingerprint density at radius 3 is 2.31 bits per heavy atom. The minimum Gasteiger partial charge on any atom is -0.507 e. The Labute approximate surface area is 73.1 Å². The molecule has 0 bridgehead atoms. The molecule has 70 valence electrons. The molecule has 0 radical (unpaired) electrons. The highest BCUT2D eigenvalue weighted by Gasteiger charge is 2.38. The fourth-order valence-corrected chi connectivity index (χ4v) is 0.885. The fraction of sp³-hybridized carbons (Fsp3) is 0.111. The second-order valence-corrected chi connectivity index (χ2v) is 2.50. The number of phenols is 1. The summed E-state index contributed by atoms with van der Waals surface area (Å²) in [6, 6.07) is 4.66. The molecule has 0 saturated carbocycles. The fourth-order valence-electron chi connectivity index (χ4n) is 0.885. The van der Waals surface area contributed by atoms with Gasteiger partial charge in [0.15, 0.2) is 5.83 Å². The molecule has 0 heterocycles. The van der Waals surface area contributed by atoms with E-state index in [1.165, 1.54) is 12.1 Å². The third-order valence-corrected chi connectivity index (χ3v) is 1.58. The van der Waals surface area contributed by atoms with Crippen molar-refractivity contribution in [3.05, 3.63) is 42.2 Å². The van der Waals surface area contributed by atoms with Crippen molar-refractivity contribution < 1.29 is 18.3 Å². The van der Waals surface area contributed by atoms with Crippen molar-refractivity contribution in [3.8, 4) is 5.75 Å². The zero-order chi connectivity index (χ0) is 10.1. The largest absolute Gasteiger partial charge is 0.507 e. The van der Waals surface area contributed by atoms with Crippen LogP contribution in [0.15, 0.2) is 36.7 Å². The van der Waals surface area contributed by atoms with E-state index in [2.05, 4.69) is 6.58 Å². The molecule has 0 spiro atoms. The quantitative estimate of drug-likeness (QED) is 0.756. The lowest BCUT2D eigenvalue weighted by Gasteiger charge is -2.14. The van der Waals surface area contributed by atoms with Crippen molar-refractivity contribution in [3.63, 3.8) is 0 Å². The molecule has 0 unspecified atom stereocenters. The molecule has 1 rings (SSSR count). The van der Waals surface area contributed by atoms with Crippen LogP contribution < -0.4 is 0 Å². The maximum Gasteiger partial charge on any atom is 0.326 e. The van der Waals surface area contributed by atoms with E-state index in [4.69, 9.17) is 5.11 Å². The second-order valence-electron chi connectivity index (χ2n) is 2.50. The zero-order valence-corrected chi connectivity index (χ0v) is 6.60. The summed E-state index contributed by atoms with van der Waals surface area (Å²) in [7, 11) is 0. The summed E-state index contributed by atoms with van der Waals surface area (Å²) < 4.78 is 38.1. The predicted octanol–water partition coefficient (Wildman–Crippen LogP) is 2.97. The summed E-state index contributed by atoms with van der Waals surface area (Å²) in [4.78, 5) is 0. The Hall–Kier alpha value is -1.45. The van der Waals surface area contributed by atoms with Gasteiger partial charge in [0.05, 0.1) is 5.56 Å². The highest BCUT2D eigenvalue weighted by molar-refractivity contribution is 5.38. The molecule has 1 N–H and O–H groups in total. The monoisotopic (exact) mass is 188 g/mol. The minimum absolute atomic E-state index is 0.647. The molecule has 0 atom stereocenters. The van der Waals surface area contributed by atoms with Gasteiger partial charge in [-0.3, -0.25) is 0 Å². The van der Waals surface area contributed by atoms with Gasteiger partial charge in [-0.05, 0) is 12.1 Å². The summed E-state index contributed by atoms with van der Waals surface area (Å²) in [6.07, 6.45) is 0. The Bertz CT molecular complexity index is 333. The number of allylic oxidation sites excluding steroid dienone is 1. The van der Waals surface area contributed by atoms with Gasteiger partial charge in [0.25, 0.3) is 0 Å². The van der Waals surface area contributed by atoms with Crippen LogP contribution >= 0.6 is 0 Å². The lowest BCUT2D eigenvalue weighted by atomic mass is 10.1. The molecule has 0 saturated heterocycles. The van der Waals surface area contributed by atoms with Crippen molar-refractivity contribution in [1.29, 1.82) is 0 Å². The first kappa shape index (κ1) is 9.64. The average molecular weight is 188 g/mol. The number of alkyl halides is 2. The number of phenolic OH excluding ortho intramolecular Hbond substituents is 1. The number of halogens is 3. The summed E-state index contributed by atoms with van der Waals surface area (Å²) in [5, 5.41) is 9.01. The zero-order valence-electron chi connectivity index (χ0n) is 6.60. The smallest absolute Gasteiger partial charge is 0.326 e. The van der Waals surface area contributed by atoms with Gasteiger partial charge in [-0.15, -0.1) is 0 Å². The van der Waals surface area contributed by atoms with E-state index in [1.54, 1.807) is 0 Å². The van der Waals surface area contributed by atoms with Crippen molar-refractivity contribution in [2.45, 2.75) is 5.92 Å². The van der Waals surface area contributed by atoms with Crippen LogP contribution in [0.5, 0.6) is 5.75 Å². The van der Waals surface area contributed by atoms with E-state index in [-0.39, 0.29) is 0 Å². The van der Waals surface area contributed by atoms with Crippen LogP contribution in [0.3, 0.4) is 0 Å². The first-order chi connectivity index (χ1) is 5.96. The van der Waals surface area contributed by atoms with Gasteiger partial charge in [0, 0.05) is 0 Å². The lowest BCUT2D eigenvalue weighted by Crippen LogP contribution is -2.13. The SMILES string of the molecule is C=C(F)C(F)(F)c1ccccc1O. The van der Waals surface area contributed by atoms with E-state index in [1.807, 2.05) is 0 Å². The topological polar surface area (TPSA) is 20.2 Å². The lowest BCUT2D eigenvalue weighted by molar-refractivity contribution is 0.0123. The molecule has 0 fully saturated rings. The first-order valence-electron chi connectivity index (χ1n) is 3.47. The molecule has 1 aromatic carbocycles. The normalized spacial score (nSPS) is 11.3. The molecule has 1 aromatic rings. The summed E-state index contributed by atoms with van der Waals surface area (Å²) in [5.41, 5.74) is -0.775. The van der Waals surface area contributed by atoms with Crippen LogP contribution in [0.25, 0.3) is 0 Å². The summed E-state index contributed by atoms with van der Waals surface area (Å²) in [6.45, 7) is 2.52. The van der Waals surface area contributed by atoms with Gasteiger partial charge in [-0.2, -0.15) is 8.78 Å². The average Bonchev–Trinajstić information content (AvgIpc) is 2.04. The third kappa shape index (κ3) is 1.66. The van der Waals surface area contributed by atoms with E-state index in [0.717, 1.165) is 12.1 Å². The van der Waals surface area contributed by atoms with Crippen molar-refractivity contribution in [2.75, 3.05) is 0 Å². The van der Waals surface area contributed by atoms with E-state index in [0.29, 0.717) is 0 Å². The van der Waals surface area contributed by atoms with Gasteiger partial charge in [-0.1, -0.05) is 18.7 Å². The van der Waals surface area contributed by atoms with Crippen LogP contribution in [0.4, 0.5) is 13.2 Å². The van der Waals surface area contributed by atoms with E-state index < -0.39 is 23.1 Å². The number of para-hydroxylation sites is 1. The second kappa shape index (κ2) is 3.12. The van der Waals surface area contributed by atoms with Crippen molar-refractivity contribution in [2.24, 2.45) is 0 Å². The number of aromatic hydroxyl groups is 1. The van der Waals surface area contributed by atoms with E-state index >= 15 is 0 Å². The van der Waals surface area contributed by atoms with Crippen molar-refractivity contribution in [1.82, 2.24) is 0 Å². The number of hydrogen-bond donors (Lipinski definition) is 1.